The molecule has 0 unspecified atom stereocenters. The lowest BCUT2D eigenvalue weighted by atomic mass is 10.1. The Morgan fingerprint density at radius 3 is 2.19 bits per heavy atom. The van der Waals surface area contributed by atoms with Gasteiger partial charge >= 0.3 is 0 Å². The second kappa shape index (κ2) is 6.55. The first kappa shape index (κ1) is 17.3. The molecular weight excluding hydrogens is 414 g/mol. The monoisotopic (exact) mass is 431 g/mol. The molecule has 3 aromatic heterocycles. The Morgan fingerprint density at radius 2 is 1.29 bits per heavy atom. The molecule has 7 aromatic rings. The van der Waals surface area contributed by atoms with Gasteiger partial charge in [-0.15, -0.1) is 22.7 Å². The topological polar surface area (TPSA) is 4.93 Å². The highest BCUT2D eigenvalue weighted by Crippen LogP contribution is 2.48. The number of rotatable bonds is 2. The van der Waals surface area contributed by atoms with Gasteiger partial charge in [0.1, 0.15) is 4.83 Å². The predicted octanol–water partition coefficient (Wildman–Crippen LogP) is 8.88. The molecule has 7 rings (SSSR count). The highest BCUT2D eigenvalue weighted by Gasteiger charge is 2.20. The van der Waals surface area contributed by atoms with Crippen molar-refractivity contribution in [2.75, 3.05) is 0 Å². The number of benzene rings is 4. The molecule has 0 radical (unpaired) electrons. The molecule has 3 heteroatoms. The summed E-state index contributed by atoms with van der Waals surface area (Å²) in [6.45, 7) is 0. The number of thiophene rings is 2. The third-order valence-corrected chi connectivity index (χ3v) is 8.54. The van der Waals surface area contributed by atoms with Gasteiger partial charge in [-0.05, 0) is 35.4 Å². The fourth-order valence-electron chi connectivity index (χ4n) is 4.63. The second-order valence-electron chi connectivity index (χ2n) is 7.81. The van der Waals surface area contributed by atoms with Gasteiger partial charge in [0.25, 0.3) is 0 Å². The van der Waals surface area contributed by atoms with Crippen LogP contribution >= 0.6 is 22.7 Å². The maximum Gasteiger partial charge on any atom is 0.110 e. The van der Waals surface area contributed by atoms with Crippen LogP contribution in [0.2, 0.25) is 0 Å². The van der Waals surface area contributed by atoms with Crippen LogP contribution in [0.15, 0.2) is 103 Å². The SMILES string of the molecule is c1ccc(-c2cccc(-n3c4ccccc4c4c5sc6ccccc6c5sc43)c2)cc1. The molecule has 3 heterocycles. The molecule has 4 aromatic carbocycles. The maximum atomic E-state index is 2.45. The van der Waals surface area contributed by atoms with Crippen LogP contribution in [0.1, 0.15) is 0 Å². The fourth-order valence-corrected chi connectivity index (χ4v) is 7.45. The molecular formula is C28H17NS2. The minimum Gasteiger partial charge on any atom is -0.301 e. The van der Waals surface area contributed by atoms with Crippen molar-refractivity contribution in [3.8, 4) is 16.8 Å². The zero-order valence-electron chi connectivity index (χ0n) is 16.6. The van der Waals surface area contributed by atoms with Crippen molar-refractivity contribution in [2.24, 2.45) is 0 Å². The third-order valence-electron chi connectivity index (χ3n) is 6.02. The van der Waals surface area contributed by atoms with Crippen molar-refractivity contribution in [2.45, 2.75) is 0 Å². The van der Waals surface area contributed by atoms with E-state index in [1.54, 1.807) is 0 Å². The Labute approximate surface area is 187 Å². The van der Waals surface area contributed by atoms with Gasteiger partial charge < -0.3 is 4.57 Å². The average molecular weight is 432 g/mol. The normalized spacial score (nSPS) is 11.9. The fraction of sp³-hybridized carbons (Fsp3) is 0. The summed E-state index contributed by atoms with van der Waals surface area (Å²) >= 11 is 3.84. The van der Waals surface area contributed by atoms with E-state index < -0.39 is 0 Å². The molecule has 0 atom stereocenters. The van der Waals surface area contributed by atoms with Crippen LogP contribution in [0.4, 0.5) is 0 Å². The van der Waals surface area contributed by atoms with Crippen molar-refractivity contribution in [1.29, 1.82) is 0 Å². The summed E-state index contributed by atoms with van der Waals surface area (Å²) in [5.41, 5.74) is 4.97. The lowest BCUT2D eigenvalue weighted by Gasteiger charge is -2.09. The number of hydrogen-bond donors (Lipinski definition) is 0. The Morgan fingerprint density at radius 1 is 0.548 bits per heavy atom. The summed E-state index contributed by atoms with van der Waals surface area (Å²) in [5, 5.41) is 4.10. The zero-order valence-corrected chi connectivity index (χ0v) is 18.2. The summed E-state index contributed by atoms with van der Waals surface area (Å²) in [5.74, 6) is 0. The minimum absolute atomic E-state index is 1.21. The molecule has 0 fully saturated rings. The van der Waals surface area contributed by atoms with Crippen LogP contribution in [0.3, 0.4) is 0 Å². The molecule has 1 nitrogen and oxygen atoms in total. The van der Waals surface area contributed by atoms with Gasteiger partial charge in [-0.2, -0.15) is 0 Å². The molecule has 0 spiro atoms. The molecule has 0 amide bonds. The van der Waals surface area contributed by atoms with Crippen molar-refractivity contribution in [3.05, 3.63) is 103 Å². The quantitative estimate of drug-likeness (QED) is 0.257. The summed E-state index contributed by atoms with van der Waals surface area (Å²) in [6, 6.07) is 37.1. The summed E-state index contributed by atoms with van der Waals surface area (Å²) in [6.07, 6.45) is 0. The van der Waals surface area contributed by atoms with Crippen LogP contribution in [-0.2, 0) is 0 Å². The molecule has 146 valence electrons. The van der Waals surface area contributed by atoms with Crippen molar-refractivity contribution >= 4 is 63.3 Å². The molecule has 0 saturated heterocycles. The van der Waals surface area contributed by atoms with Crippen molar-refractivity contribution in [1.82, 2.24) is 4.57 Å². The van der Waals surface area contributed by atoms with Crippen LogP contribution in [0.5, 0.6) is 0 Å². The molecule has 0 bridgehead atoms. The molecule has 0 aliphatic rings. The van der Waals surface area contributed by atoms with Crippen LogP contribution in [0.25, 0.3) is 57.4 Å². The minimum atomic E-state index is 1.21. The van der Waals surface area contributed by atoms with Gasteiger partial charge in [-0.1, -0.05) is 78.9 Å². The predicted molar refractivity (Wildman–Crippen MR) is 137 cm³/mol. The summed E-state index contributed by atoms with van der Waals surface area (Å²) in [7, 11) is 0. The summed E-state index contributed by atoms with van der Waals surface area (Å²) < 4.78 is 6.64. The molecule has 31 heavy (non-hydrogen) atoms. The van der Waals surface area contributed by atoms with Gasteiger partial charge in [0.15, 0.2) is 0 Å². The standard InChI is InChI=1S/C28H17NS2/c1-2-9-18(10-3-1)19-11-8-12-20(17-19)29-23-15-6-4-13-21(23)25-27-26(31-28(25)29)22-14-5-7-16-24(22)30-27/h1-17H. The van der Waals surface area contributed by atoms with E-state index >= 15 is 0 Å². The molecule has 0 aliphatic carbocycles. The maximum absolute atomic E-state index is 2.45. The van der Waals surface area contributed by atoms with E-state index in [9.17, 15) is 0 Å². The Balaban J connectivity index is 1.58. The first-order valence-electron chi connectivity index (χ1n) is 10.4. The van der Waals surface area contributed by atoms with Crippen molar-refractivity contribution in [3.63, 3.8) is 0 Å². The van der Waals surface area contributed by atoms with Gasteiger partial charge in [0.2, 0.25) is 0 Å². The van der Waals surface area contributed by atoms with Gasteiger partial charge in [0, 0.05) is 26.5 Å². The van der Waals surface area contributed by atoms with E-state index in [4.69, 9.17) is 0 Å². The number of fused-ring (bicyclic) bond motifs is 7. The Bertz CT molecular complexity index is 1730. The van der Waals surface area contributed by atoms with Crippen LogP contribution in [-0.4, -0.2) is 4.57 Å². The lowest BCUT2D eigenvalue weighted by Crippen LogP contribution is -1.93. The third kappa shape index (κ3) is 2.48. The van der Waals surface area contributed by atoms with E-state index in [0.717, 1.165) is 0 Å². The highest BCUT2D eigenvalue weighted by atomic mass is 32.1. The Hall–Kier alpha value is -3.40. The first-order valence-corrected chi connectivity index (χ1v) is 12.0. The van der Waals surface area contributed by atoms with Gasteiger partial charge in [-0.25, -0.2) is 0 Å². The van der Waals surface area contributed by atoms with Gasteiger partial charge in [0.05, 0.1) is 14.9 Å². The van der Waals surface area contributed by atoms with E-state index in [1.165, 1.54) is 57.4 Å². The zero-order chi connectivity index (χ0) is 20.4. The Kier molecular flexibility index (Phi) is 3.65. The second-order valence-corrected chi connectivity index (χ2v) is 9.86. The van der Waals surface area contributed by atoms with E-state index in [0.29, 0.717) is 0 Å². The largest absolute Gasteiger partial charge is 0.301 e. The molecule has 0 N–H and O–H groups in total. The van der Waals surface area contributed by atoms with E-state index in [-0.39, 0.29) is 0 Å². The average Bonchev–Trinajstić information content (AvgIpc) is 3.46. The van der Waals surface area contributed by atoms with E-state index in [2.05, 4.69) is 108 Å². The molecule has 0 aliphatic heterocycles. The van der Waals surface area contributed by atoms with E-state index in [1.807, 2.05) is 22.7 Å². The van der Waals surface area contributed by atoms with Gasteiger partial charge in [-0.3, -0.25) is 0 Å². The lowest BCUT2D eigenvalue weighted by molar-refractivity contribution is 1.19. The molecule has 0 saturated carbocycles. The first-order chi connectivity index (χ1) is 15.4. The summed E-state index contributed by atoms with van der Waals surface area (Å²) in [4.78, 5) is 1.33. The number of aromatic nitrogens is 1. The number of nitrogens with zero attached hydrogens (tertiary/aromatic N) is 1. The smallest absolute Gasteiger partial charge is 0.110 e. The highest BCUT2D eigenvalue weighted by molar-refractivity contribution is 7.36. The van der Waals surface area contributed by atoms with Crippen LogP contribution < -0.4 is 0 Å². The number of para-hydroxylation sites is 1. The van der Waals surface area contributed by atoms with Crippen LogP contribution in [0, 0.1) is 0 Å². The van der Waals surface area contributed by atoms with Crippen molar-refractivity contribution < 1.29 is 0 Å². The number of hydrogen-bond acceptors (Lipinski definition) is 2.